The average Bonchev–Trinajstić information content (AvgIpc) is 3.41. The first-order chi connectivity index (χ1) is 15.0. The van der Waals surface area contributed by atoms with Crippen LogP contribution in [0, 0.1) is 5.92 Å². The van der Waals surface area contributed by atoms with Gasteiger partial charge in [0.2, 0.25) is 0 Å². The molecule has 1 heterocycles. The third-order valence-corrected chi connectivity index (χ3v) is 7.50. The summed E-state index contributed by atoms with van der Waals surface area (Å²) in [6.45, 7) is 2.24. The molecule has 2 aromatic rings. The van der Waals surface area contributed by atoms with Crippen molar-refractivity contribution in [1.82, 2.24) is 0 Å². The van der Waals surface area contributed by atoms with Crippen molar-refractivity contribution in [3.8, 4) is 0 Å². The fraction of sp³-hybridized carbons (Fsp3) is 0.500. The number of aromatic carboxylic acids is 1. The highest BCUT2D eigenvalue weighted by Crippen LogP contribution is 2.43. The third-order valence-electron chi connectivity index (χ3n) is 6.37. The Bertz CT molecular complexity index is 868. The molecule has 3 atom stereocenters. The summed E-state index contributed by atoms with van der Waals surface area (Å²) < 4.78 is 0. The van der Waals surface area contributed by atoms with E-state index in [1.165, 1.54) is 16.9 Å². The summed E-state index contributed by atoms with van der Waals surface area (Å²) in [5.74, 6) is -0.196. The number of carbonyl (C=O) groups is 1. The van der Waals surface area contributed by atoms with Gasteiger partial charge in [-0.25, -0.2) is 4.79 Å². The largest absolute Gasteiger partial charge is 0.477 e. The van der Waals surface area contributed by atoms with Gasteiger partial charge in [-0.15, -0.1) is 11.3 Å². The van der Waals surface area contributed by atoms with Gasteiger partial charge in [0.1, 0.15) is 4.88 Å². The van der Waals surface area contributed by atoms with Gasteiger partial charge < -0.3 is 15.3 Å². The van der Waals surface area contributed by atoms with Crippen molar-refractivity contribution in [1.29, 1.82) is 0 Å². The fourth-order valence-electron chi connectivity index (χ4n) is 4.65. The van der Waals surface area contributed by atoms with Gasteiger partial charge in [0.25, 0.3) is 0 Å². The van der Waals surface area contributed by atoms with Crippen LogP contribution in [0.3, 0.4) is 0 Å². The summed E-state index contributed by atoms with van der Waals surface area (Å²) >= 11 is 1.36. The predicted molar refractivity (Wildman–Crippen MR) is 126 cm³/mol. The first kappa shape index (κ1) is 23.7. The molecule has 31 heavy (non-hydrogen) atoms. The van der Waals surface area contributed by atoms with Gasteiger partial charge in [-0.05, 0) is 66.9 Å². The molecular weight excluding hydrogens is 408 g/mol. The van der Waals surface area contributed by atoms with E-state index >= 15 is 0 Å². The molecule has 0 spiro atoms. The molecule has 4 nitrogen and oxygen atoms in total. The molecule has 0 fully saturated rings. The summed E-state index contributed by atoms with van der Waals surface area (Å²) in [6, 6.07) is 11.9. The second-order valence-corrected chi connectivity index (χ2v) is 9.72. The van der Waals surface area contributed by atoms with Crippen molar-refractivity contribution in [3.63, 3.8) is 0 Å². The first-order valence-corrected chi connectivity index (χ1v) is 12.2. The van der Waals surface area contributed by atoms with Crippen LogP contribution in [0.1, 0.15) is 89.6 Å². The zero-order chi connectivity index (χ0) is 22.2. The summed E-state index contributed by atoms with van der Waals surface area (Å²) in [4.78, 5) is 12.6. The Kier molecular flexibility index (Phi) is 8.88. The predicted octanol–water partition coefficient (Wildman–Crippen LogP) is 6.11. The fourth-order valence-corrected chi connectivity index (χ4v) is 5.54. The molecule has 3 N–H and O–H groups in total. The number of hydrogen-bond donors (Lipinski definition) is 3. The molecule has 1 aromatic carbocycles. The number of aliphatic hydroxyl groups excluding tert-OH is 2. The topological polar surface area (TPSA) is 77.8 Å². The van der Waals surface area contributed by atoms with E-state index in [0.29, 0.717) is 10.8 Å². The number of unbranched alkanes of at least 4 members (excludes halogenated alkanes) is 2. The zero-order valence-corrected chi connectivity index (χ0v) is 19.1. The molecule has 5 heteroatoms. The van der Waals surface area contributed by atoms with Crippen molar-refractivity contribution in [2.24, 2.45) is 5.92 Å². The van der Waals surface area contributed by atoms with Crippen LogP contribution in [0.25, 0.3) is 0 Å². The van der Waals surface area contributed by atoms with E-state index in [4.69, 9.17) is 5.11 Å². The van der Waals surface area contributed by atoms with Crippen molar-refractivity contribution in [3.05, 3.63) is 68.9 Å². The second kappa shape index (κ2) is 11.6. The summed E-state index contributed by atoms with van der Waals surface area (Å²) in [6.07, 6.45) is 9.79. The molecule has 168 valence electrons. The maximum atomic E-state index is 11.1. The smallest absolute Gasteiger partial charge is 0.345 e. The van der Waals surface area contributed by atoms with E-state index < -0.39 is 12.1 Å². The van der Waals surface area contributed by atoms with Gasteiger partial charge in [-0.3, -0.25) is 0 Å². The first-order valence-electron chi connectivity index (χ1n) is 11.4. The number of rotatable bonds is 12. The standard InChI is InChI=1S/C26H34O4S/c1-2-3-4-8-23(28)18-9-11-20(12-10-18)25-19(13-14-21(25)17-27)6-5-7-22-15-16-24(31-22)26(29)30/h9-12,14-16,19,23,25,27-28H,2-8,13,17H2,1H3,(H,29,30)/t19-,23?,25?/m0/s1. The van der Waals surface area contributed by atoms with E-state index in [2.05, 4.69) is 25.1 Å². The number of benzene rings is 1. The van der Waals surface area contributed by atoms with Crippen LogP contribution in [-0.2, 0) is 6.42 Å². The van der Waals surface area contributed by atoms with Crippen LogP contribution in [0.15, 0.2) is 48.0 Å². The monoisotopic (exact) mass is 442 g/mol. The van der Waals surface area contributed by atoms with Gasteiger partial charge >= 0.3 is 5.97 Å². The Morgan fingerprint density at radius 1 is 1.13 bits per heavy atom. The van der Waals surface area contributed by atoms with Crippen LogP contribution >= 0.6 is 11.3 Å². The normalized spacial score (nSPS) is 19.4. The van der Waals surface area contributed by atoms with E-state index in [9.17, 15) is 15.0 Å². The van der Waals surface area contributed by atoms with Crippen LogP contribution < -0.4 is 0 Å². The highest BCUT2D eigenvalue weighted by atomic mass is 32.1. The lowest BCUT2D eigenvalue weighted by Crippen LogP contribution is -2.12. The van der Waals surface area contributed by atoms with Crippen molar-refractivity contribution in [2.75, 3.05) is 6.61 Å². The van der Waals surface area contributed by atoms with Gasteiger partial charge in [0, 0.05) is 10.8 Å². The number of allylic oxidation sites excluding steroid dienone is 1. The summed E-state index contributed by atoms with van der Waals surface area (Å²) in [5, 5.41) is 29.4. The molecule has 1 aliphatic rings. The maximum absolute atomic E-state index is 11.1. The van der Waals surface area contributed by atoms with Crippen molar-refractivity contribution >= 4 is 17.3 Å². The molecule has 0 bridgehead atoms. The quantitative estimate of drug-likeness (QED) is 0.274. The van der Waals surface area contributed by atoms with Crippen LogP contribution in [0.5, 0.6) is 0 Å². The van der Waals surface area contributed by atoms with Gasteiger partial charge in [0.05, 0.1) is 12.7 Å². The average molecular weight is 443 g/mol. The lowest BCUT2D eigenvalue weighted by molar-refractivity contribution is 0.0702. The Balaban J connectivity index is 1.60. The highest BCUT2D eigenvalue weighted by molar-refractivity contribution is 7.13. The number of thiophene rings is 1. The Morgan fingerprint density at radius 2 is 1.90 bits per heavy atom. The lowest BCUT2D eigenvalue weighted by Gasteiger charge is -2.24. The Labute approximate surface area is 189 Å². The number of aliphatic hydroxyl groups is 2. The number of aryl methyl sites for hydroxylation is 1. The SMILES string of the molecule is CCCCCC(O)c1ccc(C2C(CO)=CC[C@@H]2CCCc2ccc(C(=O)O)s2)cc1. The number of carboxylic acid groups (broad SMARTS) is 1. The molecule has 0 aliphatic heterocycles. The molecule has 1 aliphatic carbocycles. The lowest BCUT2D eigenvalue weighted by atomic mass is 9.81. The number of hydrogen-bond acceptors (Lipinski definition) is 4. The van der Waals surface area contributed by atoms with Crippen LogP contribution in [0.4, 0.5) is 0 Å². The van der Waals surface area contributed by atoms with Crippen LogP contribution in [-0.4, -0.2) is 27.9 Å². The molecule has 1 aromatic heterocycles. The number of carboxylic acids is 1. The Morgan fingerprint density at radius 3 is 2.55 bits per heavy atom. The second-order valence-electron chi connectivity index (χ2n) is 8.55. The molecule has 2 unspecified atom stereocenters. The molecular formula is C26H34O4S. The summed E-state index contributed by atoms with van der Waals surface area (Å²) in [5.41, 5.74) is 3.26. The van der Waals surface area contributed by atoms with Gasteiger partial charge in [-0.1, -0.05) is 56.5 Å². The molecule has 0 saturated carbocycles. The maximum Gasteiger partial charge on any atom is 0.345 e. The summed E-state index contributed by atoms with van der Waals surface area (Å²) in [7, 11) is 0. The minimum atomic E-state index is -0.858. The minimum Gasteiger partial charge on any atom is -0.477 e. The van der Waals surface area contributed by atoms with E-state index in [-0.39, 0.29) is 12.5 Å². The van der Waals surface area contributed by atoms with Crippen LogP contribution in [0.2, 0.25) is 0 Å². The van der Waals surface area contributed by atoms with Crippen molar-refractivity contribution in [2.45, 2.75) is 70.3 Å². The van der Waals surface area contributed by atoms with E-state index in [0.717, 1.165) is 67.4 Å². The van der Waals surface area contributed by atoms with E-state index in [1.807, 2.05) is 18.2 Å². The minimum absolute atomic E-state index is 0.0788. The highest BCUT2D eigenvalue weighted by Gasteiger charge is 2.30. The molecule has 0 radical (unpaired) electrons. The Hall–Kier alpha value is -1.95. The van der Waals surface area contributed by atoms with Gasteiger partial charge in [0.15, 0.2) is 0 Å². The van der Waals surface area contributed by atoms with Gasteiger partial charge in [-0.2, -0.15) is 0 Å². The van der Waals surface area contributed by atoms with Crippen molar-refractivity contribution < 1.29 is 20.1 Å². The molecule has 3 rings (SSSR count). The molecule has 0 amide bonds. The van der Waals surface area contributed by atoms with E-state index in [1.54, 1.807) is 6.07 Å². The zero-order valence-electron chi connectivity index (χ0n) is 18.3. The third kappa shape index (κ3) is 6.28. The molecule has 0 saturated heterocycles.